The number of carbonyl (C=O) groups excluding carboxylic acids is 8. The first kappa shape index (κ1) is 59.5. The number of hydrogen-bond acceptors (Lipinski definition) is 14. The Labute approximate surface area is 380 Å². The minimum absolute atomic E-state index is 0.0397. The third-order valence-electron chi connectivity index (χ3n) is 10.2. The van der Waals surface area contributed by atoms with Gasteiger partial charge >= 0.3 is 11.9 Å². The number of unbranched alkanes of at least 4 members (excludes halogenated alkanes) is 3. The molecule has 0 aromatic heterocycles. The van der Waals surface area contributed by atoms with Crippen molar-refractivity contribution in [3.63, 3.8) is 0 Å². The topological polar surface area (TPSA) is 411 Å². The fourth-order valence-corrected chi connectivity index (χ4v) is 6.33. The largest absolute Gasteiger partial charge is 0.481 e. The summed E-state index contributed by atoms with van der Waals surface area (Å²) in [5, 5.41) is 38.9. The zero-order valence-electron chi connectivity index (χ0n) is 38.3. The molecule has 372 valence electrons. The first-order valence-corrected chi connectivity index (χ1v) is 22.3. The first-order chi connectivity index (χ1) is 30.7. The van der Waals surface area contributed by atoms with Crippen molar-refractivity contribution in [1.82, 2.24) is 42.5 Å². The average molecular weight is 929 g/mol. The average Bonchev–Trinajstić information content (AvgIpc) is 3.25. The van der Waals surface area contributed by atoms with Gasteiger partial charge in [-0.2, -0.15) is 0 Å². The van der Waals surface area contributed by atoms with Crippen LogP contribution in [-0.4, -0.2) is 145 Å². The Balaban J connectivity index is 6.17. The molecule has 0 saturated carbocycles. The van der Waals surface area contributed by atoms with Gasteiger partial charge in [0.25, 0.3) is 0 Å². The lowest BCUT2D eigenvalue weighted by Gasteiger charge is -2.29. The Morgan fingerprint density at radius 3 is 1.34 bits per heavy atom. The van der Waals surface area contributed by atoms with Gasteiger partial charge in [0.15, 0.2) is 0 Å². The zero-order valence-corrected chi connectivity index (χ0v) is 38.3. The molecule has 65 heavy (non-hydrogen) atoms. The summed E-state index contributed by atoms with van der Waals surface area (Å²) in [6.45, 7) is 6.40. The Hall–Kier alpha value is -5.46. The normalized spacial score (nSPS) is 14.2. The third kappa shape index (κ3) is 26.2. The second-order valence-electron chi connectivity index (χ2n) is 16.2. The Bertz CT molecular complexity index is 1550. The van der Waals surface area contributed by atoms with E-state index in [1.807, 2.05) is 0 Å². The summed E-state index contributed by atoms with van der Waals surface area (Å²) in [6.07, 6.45) is 2.76. The van der Waals surface area contributed by atoms with Crippen LogP contribution in [0.25, 0.3) is 0 Å². The summed E-state index contributed by atoms with van der Waals surface area (Å²) >= 11 is 0. The van der Waals surface area contributed by atoms with Gasteiger partial charge in [0.1, 0.15) is 36.3 Å². The molecule has 0 aliphatic carbocycles. The fraction of sp³-hybridized carbons (Fsp3) is 0.756. The summed E-state index contributed by atoms with van der Waals surface area (Å²) in [6, 6.07) is -7.50. The van der Waals surface area contributed by atoms with Crippen LogP contribution in [0.5, 0.6) is 0 Å². The number of carboxylic acids is 2. The lowest BCUT2D eigenvalue weighted by molar-refractivity contribution is -0.142. The standard InChI is InChI=1S/C41H76N12O12/c1-5-25(4)35(40(63)52-30(20-24(2)3)37(60)47-23-33(56)50-29(41(64)65)14-8-11-19-44)53-39(62)28(15-16-34(57)58)51-38(61)27(13-7-10-18-43)49-32(55)22-46-36(59)26(12-6-9-17-42)48-31(54)21-45/h24-30,35H,5-23,42-45H2,1-4H3,(H,46,59)(H,47,60)(H,48,54)(H,49,55)(H,50,56)(H,51,61)(H,52,63)(H,53,62)(H,57,58)(H,64,65)/t25-,26-,27-,28-,29-,30-,35-/m0/s1. The summed E-state index contributed by atoms with van der Waals surface area (Å²) < 4.78 is 0. The molecule has 0 radical (unpaired) electrons. The summed E-state index contributed by atoms with van der Waals surface area (Å²) in [7, 11) is 0. The zero-order chi connectivity index (χ0) is 49.5. The smallest absolute Gasteiger partial charge is 0.326 e. The van der Waals surface area contributed by atoms with Gasteiger partial charge < -0.3 is 75.7 Å². The monoisotopic (exact) mass is 929 g/mol. The van der Waals surface area contributed by atoms with Crippen molar-refractivity contribution in [2.24, 2.45) is 34.8 Å². The molecule has 0 aliphatic rings. The van der Waals surface area contributed by atoms with Crippen molar-refractivity contribution in [3.8, 4) is 0 Å². The van der Waals surface area contributed by atoms with Crippen LogP contribution in [-0.2, 0) is 47.9 Å². The molecule has 0 aromatic carbocycles. The van der Waals surface area contributed by atoms with Crippen LogP contribution in [0.1, 0.15) is 111 Å². The number of aliphatic carboxylic acids is 2. The van der Waals surface area contributed by atoms with E-state index in [1.165, 1.54) is 0 Å². The molecule has 0 aliphatic heterocycles. The van der Waals surface area contributed by atoms with Crippen molar-refractivity contribution in [3.05, 3.63) is 0 Å². The minimum Gasteiger partial charge on any atom is -0.481 e. The minimum atomic E-state index is -1.52. The van der Waals surface area contributed by atoms with Crippen molar-refractivity contribution in [2.45, 2.75) is 147 Å². The number of rotatable bonds is 36. The highest BCUT2D eigenvalue weighted by molar-refractivity contribution is 5.97. The van der Waals surface area contributed by atoms with Gasteiger partial charge in [0.2, 0.25) is 47.3 Å². The van der Waals surface area contributed by atoms with Crippen LogP contribution >= 0.6 is 0 Å². The van der Waals surface area contributed by atoms with Crippen molar-refractivity contribution in [1.29, 1.82) is 0 Å². The molecule has 0 spiro atoms. The number of nitrogens with two attached hydrogens (primary N) is 4. The van der Waals surface area contributed by atoms with Crippen LogP contribution in [0, 0.1) is 11.8 Å². The Kier molecular flexibility index (Phi) is 31.1. The number of amides is 8. The maximum absolute atomic E-state index is 13.9. The highest BCUT2D eigenvalue weighted by atomic mass is 16.4. The van der Waals surface area contributed by atoms with Gasteiger partial charge in [-0.15, -0.1) is 0 Å². The van der Waals surface area contributed by atoms with Crippen molar-refractivity contribution >= 4 is 59.2 Å². The van der Waals surface area contributed by atoms with E-state index in [2.05, 4.69) is 42.5 Å². The number of carbonyl (C=O) groups is 10. The van der Waals surface area contributed by atoms with Crippen LogP contribution < -0.4 is 65.5 Å². The van der Waals surface area contributed by atoms with E-state index in [0.29, 0.717) is 58.0 Å². The fourth-order valence-electron chi connectivity index (χ4n) is 6.33. The lowest BCUT2D eigenvalue weighted by atomic mass is 9.96. The lowest BCUT2D eigenvalue weighted by Crippen LogP contribution is -2.60. The quantitative estimate of drug-likeness (QED) is 0.0271. The Morgan fingerprint density at radius 2 is 0.892 bits per heavy atom. The first-order valence-electron chi connectivity index (χ1n) is 22.3. The highest BCUT2D eigenvalue weighted by Gasteiger charge is 2.34. The summed E-state index contributed by atoms with van der Waals surface area (Å²) in [5.41, 5.74) is 22.0. The van der Waals surface area contributed by atoms with Gasteiger partial charge in [-0.3, -0.25) is 43.2 Å². The van der Waals surface area contributed by atoms with Crippen molar-refractivity contribution in [2.75, 3.05) is 39.3 Å². The van der Waals surface area contributed by atoms with E-state index in [0.717, 1.165) is 0 Å². The molecule has 0 aromatic rings. The summed E-state index contributed by atoms with van der Waals surface area (Å²) in [5.74, 6) is -9.40. The molecular formula is C41H76N12O12. The van der Waals surface area contributed by atoms with E-state index in [-0.39, 0.29) is 44.7 Å². The van der Waals surface area contributed by atoms with E-state index in [1.54, 1.807) is 27.7 Å². The molecule has 18 N–H and O–H groups in total. The molecule has 0 saturated heterocycles. The van der Waals surface area contributed by atoms with E-state index in [4.69, 9.17) is 22.9 Å². The SMILES string of the molecule is CC[C@H](C)[C@H](NC(=O)[C@H](CCC(=O)O)NC(=O)[C@H](CCCCN)NC(=O)CNC(=O)[C@H](CCCCN)NC(=O)CN)C(=O)N[C@@H](CC(C)C)C(=O)NCC(=O)N[C@@H](CCCCN)C(=O)O. The molecule has 0 fully saturated rings. The maximum Gasteiger partial charge on any atom is 0.326 e. The molecule has 24 nitrogen and oxygen atoms in total. The molecule has 0 bridgehead atoms. The predicted molar refractivity (Wildman–Crippen MR) is 239 cm³/mol. The van der Waals surface area contributed by atoms with Gasteiger partial charge in [-0.25, -0.2) is 4.79 Å². The second kappa shape index (κ2) is 34.0. The van der Waals surface area contributed by atoms with Gasteiger partial charge in [-0.05, 0) is 102 Å². The molecule has 0 heterocycles. The Morgan fingerprint density at radius 1 is 0.477 bits per heavy atom. The van der Waals surface area contributed by atoms with Gasteiger partial charge in [-0.1, -0.05) is 34.1 Å². The molecule has 0 rings (SSSR count). The van der Waals surface area contributed by atoms with Crippen LogP contribution in [0.2, 0.25) is 0 Å². The third-order valence-corrected chi connectivity index (χ3v) is 10.2. The maximum atomic E-state index is 13.9. The van der Waals surface area contributed by atoms with Gasteiger partial charge in [0, 0.05) is 6.42 Å². The van der Waals surface area contributed by atoms with Crippen LogP contribution in [0.4, 0.5) is 0 Å². The number of hydrogen-bond donors (Lipinski definition) is 14. The molecule has 8 amide bonds. The van der Waals surface area contributed by atoms with E-state index in [9.17, 15) is 58.2 Å². The second-order valence-corrected chi connectivity index (χ2v) is 16.2. The predicted octanol–water partition coefficient (Wildman–Crippen LogP) is -3.49. The molecular weight excluding hydrogens is 853 g/mol. The molecule has 0 unspecified atom stereocenters. The summed E-state index contributed by atoms with van der Waals surface area (Å²) in [4.78, 5) is 129. The van der Waals surface area contributed by atoms with E-state index < -0.39 is 127 Å². The molecule has 24 heteroatoms. The van der Waals surface area contributed by atoms with Crippen LogP contribution in [0.3, 0.4) is 0 Å². The number of carboxylic acid groups (broad SMARTS) is 2. The number of nitrogens with one attached hydrogen (secondary N) is 8. The molecule has 7 atom stereocenters. The highest BCUT2D eigenvalue weighted by Crippen LogP contribution is 2.13. The van der Waals surface area contributed by atoms with Crippen molar-refractivity contribution < 1.29 is 58.2 Å². The van der Waals surface area contributed by atoms with E-state index >= 15 is 0 Å². The van der Waals surface area contributed by atoms with Crippen LogP contribution in [0.15, 0.2) is 0 Å². The van der Waals surface area contributed by atoms with Gasteiger partial charge in [0.05, 0.1) is 19.6 Å².